The Morgan fingerprint density at radius 2 is 1.56 bits per heavy atom. The number of carbonyl (C=O) groups is 2. The van der Waals surface area contributed by atoms with Crippen LogP contribution in [0.4, 0.5) is 5.69 Å². The number of amides is 1. The van der Waals surface area contributed by atoms with E-state index in [1.807, 2.05) is 0 Å². The number of esters is 1. The van der Waals surface area contributed by atoms with Crippen LogP contribution in [-0.2, 0) is 14.3 Å². The number of hydrogen-bond donors (Lipinski definition) is 1. The zero-order valence-electron chi connectivity index (χ0n) is 15.3. The predicted molar refractivity (Wildman–Crippen MR) is 97.6 cm³/mol. The quantitative estimate of drug-likeness (QED) is 0.672. The number of benzene rings is 2. The number of ether oxygens (including phenoxy) is 5. The molecule has 8 nitrogen and oxygen atoms in total. The van der Waals surface area contributed by atoms with Gasteiger partial charge in [0.2, 0.25) is 0 Å². The van der Waals surface area contributed by atoms with Gasteiger partial charge in [0.25, 0.3) is 5.91 Å². The Labute approximate surface area is 156 Å². The molecule has 1 N–H and O–H groups in total. The summed E-state index contributed by atoms with van der Waals surface area (Å²) in [6.07, 6.45) is 0. The lowest BCUT2D eigenvalue weighted by Gasteiger charge is -2.12. The van der Waals surface area contributed by atoms with Gasteiger partial charge in [0.15, 0.2) is 24.7 Å². The van der Waals surface area contributed by atoms with Crippen LogP contribution in [0.3, 0.4) is 0 Å². The minimum atomic E-state index is -0.686. The Kier molecular flexibility index (Phi) is 7.30. The largest absolute Gasteiger partial charge is 0.497 e. The van der Waals surface area contributed by atoms with E-state index >= 15 is 0 Å². The van der Waals surface area contributed by atoms with Crippen molar-refractivity contribution in [2.45, 2.75) is 0 Å². The lowest BCUT2D eigenvalue weighted by molar-refractivity contribution is -0.149. The third kappa shape index (κ3) is 5.81. The highest BCUT2D eigenvalue weighted by molar-refractivity contribution is 5.94. The van der Waals surface area contributed by atoms with Crippen LogP contribution < -0.4 is 24.3 Å². The molecule has 27 heavy (non-hydrogen) atoms. The van der Waals surface area contributed by atoms with Gasteiger partial charge in [-0.15, -0.1) is 0 Å². The van der Waals surface area contributed by atoms with Crippen molar-refractivity contribution in [1.82, 2.24) is 0 Å². The molecule has 8 heteroatoms. The fraction of sp³-hybridized carbons (Fsp3) is 0.263. The lowest BCUT2D eigenvalue weighted by Crippen LogP contribution is -2.24. The highest BCUT2D eigenvalue weighted by Crippen LogP contribution is 2.29. The molecule has 0 heterocycles. The number of nitrogens with one attached hydrogen (secondary N) is 1. The highest BCUT2D eigenvalue weighted by Gasteiger charge is 2.13. The minimum Gasteiger partial charge on any atom is -0.497 e. The summed E-state index contributed by atoms with van der Waals surface area (Å²) in [5, 5.41) is 2.60. The SMILES string of the molecule is COc1ccc(OC)c(NC(=O)COC(=O)COc2ccccc2OC)c1. The predicted octanol–water partition coefficient (Wildman–Crippen LogP) is 2.27. The molecule has 1 amide bonds. The van der Waals surface area contributed by atoms with Crippen molar-refractivity contribution < 1.29 is 33.3 Å². The zero-order chi connectivity index (χ0) is 19.6. The van der Waals surface area contributed by atoms with Crippen molar-refractivity contribution >= 4 is 17.6 Å². The topological polar surface area (TPSA) is 92.3 Å². The summed E-state index contributed by atoms with van der Waals surface area (Å²) in [4.78, 5) is 23.8. The van der Waals surface area contributed by atoms with Crippen LogP contribution >= 0.6 is 0 Å². The summed E-state index contributed by atoms with van der Waals surface area (Å²) in [7, 11) is 4.49. The van der Waals surface area contributed by atoms with E-state index in [9.17, 15) is 9.59 Å². The van der Waals surface area contributed by atoms with Crippen molar-refractivity contribution in [3.05, 3.63) is 42.5 Å². The maximum Gasteiger partial charge on any atom is 0.344 e. The van der Waals surface area contributed by atoms with Crippen molar-refractivity contribution in [1.29, 1.82) is 0 Å². The first-order chi connectivity index (χ1) is 13.1. The molecule has 0 radical (unpaired) electrons. The van der Waals surface area contributed by atoms with E-state index in [-0.39, 0.29) is 6.61 Å². The highest BCUT2D eigenvalue weighted by atomic mass is 16.6. The van der Waals surface area contributed by atoms with Crippen LogP contribution in [0.25, 0.3) is 0 Å². The molecule has 0 aliphatic carbocycles. The Morgan fingerprint density at radius 1 is 0.852 bits per heavy atom. The smallest absolute Gasteiger partial charge is 0.344 e. The molecule has 0 saturated carbocycles. The third-order valence-corrected chi connectivity index (χ3v) is 3.46. The van der Waals surface area contributed by atoms with Crippen LogP contribution in [0.1, 0.15) is 0 Å². The van der Waals surface area contributed by atoms with Gasteiger partial charge in [-0.1, -0.05) is 12.1 Å². The summed E-state index contributed by atoms with van der Waals surface area (Å²) < 4.78 is 25.7. The maximum atomic E-state index is 12.0. The van der Waals surface area contributed by atoms with Crippen molar-refractivity contribution in [2.24, 2.45) is 0 Å². The molecule has 0 aliphatic heterocycles. The number of rotatable bonds is 9. The Bertz CT molecular complexity index is 791. The van der Waals surface area contributed by atoms with Gasteiger partial charge >= 0.3 is 5.97 Å². The Hall–Kier alpha value is -3.42. The van der Waals surface area contributed by atoms with Gasteiger partial charge in [-0.2, -0.15) is 0 Å². The van der Waals surface area contributed by atoms with Crippen LogP contribution in [0, 0.1) is 0 Å². The normalized spacial score (nSPS) is 9.89. The van der Waals surface area contributed by atoms with E-state index in [1.54, 1.807) is 42.5 Å². The summed E-state index contributed by atoms with van der Waals surface area (Å²) in [5.74, 6) is 0.694. The molecule has 0 aromatic heterocycles. The molecule has 2 aromatic carbocycles. The van der Waals surface area contributed by atoms with Crippen LogP contribution in [-0.4, -0.2) is 46.4 Å². The second-order valence-corrected chi connectivity index (χ2v) is 5.21. The van der Waals surface area contributed by atoms with Crippen molar-refractivity contribution in [3.8, 4) is 23.0 Å². The monoisotopic (exact) mass is 375 g/mol. The molecule has 0 bridgehead atoms. The fourth-order valence-corrected chi connectivity index (χ4v) is 2.16. The van der Waals surface area contributed by atoms with E-state index < -0.39 is 18.5 Å². The second kappa shape index (κ2) is 9.91. The van der Waals surface area contributed by atoms with E-state index in [0.29, 0.717) is 28.7 Å². The summed E-state index contributed by atoms with van der Waals surface area (Å²) in [6.45, 7) is -0.815. The Balaban J connectivity index is 1.84. The summed E-state index contributed by atoms with van der Waals surface area (Å²) in [5.41, 5.74) is 0.406. The molecule has 0 unspecified atom stereocenters. The molecule has 0 aliphatic rings. The van der Waals surface area contributed by atoms with E-state index in [4.69, 9.17) is 23.7 Å². The average molecular weight is 375 g/mol. The first-order valence-electron chi connectivity index (χ1n) is 8.00. The average Bonchev–Trinajstić information content (AvgIpc) is 2.70. The van der Waals surface area contributed by atoms with Gasteiger partial charge in [0.1, 0.15) is 11.5 Å². The number of hydrogen-bond acceptors (Lipinski definition) is 7. The Morgan fingerprint density at radius 3 is 2.22 bits per heavy atom. The van der Waals surface area contributed by atoms with Gasteiger partial charge in [0, 0.05) is 6.07 Å². The van der Waals surface area contributed by atoms with E-state index in [1.165, 1.54) is 21.3 Å². The van der Waals surface area contributed by atoms with Crippen LogP contribution in [0.5, 0.6) is 23.0 Å². The maximum absolute atomic E-state index is 12.0. The first-order valence-corrected chi connectivity index (χ1v) is 8.00. The molecule has 0 saturated heterocycles. The molecular formula is C19H21NO7. The van der Waals surface area contributed by atoms with Crippen molar-refractivity contribution in [2.75, 3.05) is 39.9 Å². The van der Waals surface area contributed by atoms with E-state index in [2.05, 4.69) is 5.32 Å². The molecule has 0 spiro atoms. The molecule has 0 atom stereocenters. The minimum absolute atomic E-state index is 0.351. The first kappa shape index (κ1) is 19.9. The van der Waals surface area contributed by atoms with Gasteiger partial charge < -0.3 is 29.0 Å². The number of para-hydroxylation sites is 2. The summed E-state index contributed by atoms with van der Waals surface area (Å²) in [6, 6.07) is 11.8. The standard InChI is InChI=1S/C19H21NO7/c1-23-13-8-9-15(24-2)14(10-13)20-18(21)11-27-19(22)12-26-17-7-5-4-6-16(17)25-3/h4-10H,11-12H2,1-3H3,(H,20,21). The van der Waals surface area contributed by atoms with E-state index in [0.717, 1.165) is 0 Å². The van der Waals surface area contributed by atoms with Gasteiger partial charge in [-0.3, -0.25) is 4.79 Å². The third-order valence-electron chi connectivity index (χ3n) is 3.46. The second-order valence-electron chi connectivity index (χ2n) is 5.21. The molecular weight excluding hydrogens is 354 g/mol. The molecule has 144 valence electrons. The van der Waals surface area contributed by atoms with Gasteiger partial charge in [0.05, 0.1) is 27.0 Å². The van der Waals surface area contributed by atoms with Crippen LogP contribution in [0.15, 0.2) is 42.5 Å². The number of anilines is 1. The van der Waals surface area contributed by atoms with Gasteiger partial charge in [-0.25, -0.2) is 4.79 Å². The molecule has 2 aromatic rings. The van der Waals surface area contributed by atoms with Gasteiger partial charge in [-0.05, 0) is 24.3 Å². The summed E-state index contributed by atoms with van der Waals surface area (Å²) >= 11 is 0. The fourth-order valence-electron chi connectivity index (χ4n) is 2.16. The number of methoxy groups -OCH3 is 3. The zero-order valence-corrected chi connectivity index (χ0v) is 15.3. The van der Waals surface area contributed by atoms with Crippen molar-refractivity contribution in [3.63, 3.8) is 0 Å². The molecule has 2 rings (SSSR count). The lowest BCUT2D eigenvalue weighted by atomic mass is 10.2. The van der Waals surface area contributed by atoms with Crippen LogP contribution in [0.2, 0.25) is 0 Å². The number of carbonyl (C=O) groups excluding carboxylic acids is 2. The molecule has 0 fully saturated rings.